The molecule has 15 rings (SSSR count). The van der Waals surface area contributed by atoms with Crippen LogP contribution < -0.4 is 68.0 Å². The summed E-state index contributed by atoms with van der Waals surface area (Å²) in [6.45, 7) is 14.6. The molecule has 0 spiro atoms. The van der Waals surface area contributed by atoms with Crippen molar-refractivity contribution >= 4 is 101 Å². The van der Waals surface area contributed by atoms with Crippen LogP contribution in [0.3, 0.4) is 0 Å². The van der Waals surface area contributed by atoms with Crippen LogP contribution in [0.2, 0.25) is 0 Å². The molecule has 9 aromatic heterocycles. The first-order chi connectivity index (χ1) is 59.9. The fraction of sp³-hybridized carbons (Fsp3) is 0.614. The van der Waals surface area contributed by atoms with Gasteiger partial charge < -0.3 is 107 Å². The van der Waals surface area contributed by atoms with Gasteiger partial charge in [0.25, 0.3) is 22.2 Å². The summed E-state index contributed by atoms with van der Waals surface area (Å²) in [4.78, 5) is 134. The molecule has 52 nitrogen and oxygen atoms in total. The van der Waals surface area contributed by atoms with E-state index in [4.69, 9.17) is 107 Å². The van der Waals surface area contributed by atoms with Crippen LogP contribution in [0.1, 0.15) is 92.3 Å². The largest absolute Gasteiger partial charge is 0.383 e. The summed E-state index contributed by atoms with van der Waals surface area (Å²) in [5.41, 5.74) is 24.6. The summed E-state index contributed by atoms with van der Waals surface area (Å²) in [6, 6.07) is 3.83. The average molecular weight is 1880 g/mol. The number of hydrogen-bond donors (Lipinski definition) is 9. The van der Waals surface area contributed by atoms with Gasteiger partial charge in [-0.2, -0.15) is 24.9 Å². The lowest BCUT2D eigenvalue weighted by molar-refractivity contribution is -0.0578. The van der Waals surface area contributed by atoms with Crippen LogP contribution in [0.4, 0.5) is 29.5 Å². The van der Waals surface area contributed by atoms with Crippen LogP contribution >= 0.6 is 38.0 Å². The molecule has 0 aliphatic carbocycles. The first-order valence-corrected chi connectivity index (χ1v) is 50.0. The van der Waals surface area contributed by atoms with Crippen molar-refractivity contribution in [2.75, 3.05) is 102 Å². The predicted molar refractivity (Wildman–Crippen MR) is 446 cm³/mol. The number of fused-ring (bicyclic) bond motifs is 3. The van der Waals surface area contributed by atoms with Crippen LogP contribution in [0.25, 0.3) is 33.5 Å². The third-order valence-electron chi connectivity index (χ3n) is 23.1. The van der Waals surface area contributed by atoms with E-state index in [0.29, 0.717) is 6.42 Å². The van der Waals surface area contributed by atoms with Gasteiger partial charge in [0.05, 0.1) is 64.2 Å². The molecule has 15 heterocycles. The Morgan fingerprint density at radius 2 is 0.622 bits per heavy atom. The molecular formula is C70H98N23O29P5. The molecule has 6 aliphatic heterocycles. The Balaban J connectivity index is 0.659. The third-order valence-corrected chi connectivity index (χ3v) is 29.3. The molecule has 127 heavy (non-hydrogen) atoms. The molecule has 6 aliphatic rings. The number of ether oxygens (including phenoxy) is 7. The average Bonchev–Trinajstić information content (AvgIpc) is 1.55. The summed E-state index contributed by atoms with van der Waals surface area (Å²) >= 11 is 0. The van der Waals surface area contributed by atoms with E-state index in [-0.39, 0.29) is 63.0 Å². The molecule has 0 radical (unpaired) electrons. The molecule has 6 saturated heterocycles. The highest BCUT2D eigenvalue weighted by Crippen LogP contribution is 2.59. The van der Waals surface area contributed by atoms with Gasteiger partial charge in [-0.25, -0.2) is 29.3 Å². The number of anilines is 5. The summed E-state index contributed by atoms with van der Waals surface area (Å²) in [5, 5.41) is 0. The van der Waals surface area contributed by atoms with Crippen molar-refractivity contribution in [2.45, 2.75) is 166 Å². The van der Waals surface area contributed by atoms with E-state index in [2.05, 4.69) is 59.8 Å². The van der Waals surface area contributed by atoms with Crippen molar-refractivity contribution in [3.63, 3.8) is 0 Å². The van der Waals surface area contributed by atoms with E-state index < -0.39 is 256 Å². The number of nitrogens with one attached hydrogen (secondary N) is 4. The SMILES string of the molecule is CC[C@H]1O[C@@H](n2cnc3c(=O)[nH]c(N)nc32)C(C)[C@H]1OP(C)(=O)OC[C@H]1O[C@@H](n2cnc3c(=O)[nH]c(N)nc32)C(C)[C@H]1OP(C)(=O)OC[C@H]1O[C@@H](n2ccc(N)nc2=O)C(C)[C@H]1OP(C)(=O)OC[C@H]1O[C@@H](n2cnc3c(=O)[nH]c(N)nc32)C(C)[C@H]1OP(C)(=O)OC[C@H]1O[C@@H](n2ccc(N)nc2=O)C(C)[C@H]1OP(C)(=O)OC[C@H]1O[C@@H](n2ccc(=O)[nH]c2=O)C(C)[C@H]1OC. The lowest BCUT2D eigenvalue weighted by Crippen LogP contribution is -2.35. The Kier molecular flexibility index (Phi) is 26.3. The Morgan fingerprint density at radius 1 is 0.362 bits per heavy atom. The maximum absolute atomic E-state index is 15.4. The number of rotatable bonds is 33. The van der Waals surface area contributed by atoms with Crippen molar-refractivity contribution in [3.8, 4) is 0 Å². The van der Waals surface area contributed by atoms with Crippen LogP contribution in [0.5, 0.6) is 0 Å². The summed E-state index contributed by atoms with van der Waals surface area (Å²) < 4.78 is 191. The van der Waals surface area contributed by atoms with Gasteiger partial charge >= 0.3 is 55.0 Å². The molecule has 29 atom stereocenters. The van der Waals surface area contributed by atoms with E-state index >= 15 is 13.7 Å². The van der Waals surface area contributed by atoms with Gasteiger partial charge in [-0.15, -0.1) is 0 Å². The minimum absolute atomic E-state index is 0.00450. The topological polar surface area (TPSA) is 688 Å². The van der Waals surface area contributed by atoms with Gasteiger partial charge in [-0.05, 0) is 18.6 Å². The van der Waals surface area contributed by atoms with Crippen LogP contribution in [-0.2, 0) is 101 Å². The number of nitrogens with zero attached hydrogens (tertiary/aromatic N) is 14. The summed E-state index contributed by atoms with van der Waals surface area (Å²) in [6.07, 6.45) is -12.5. The second-order valence-electron chi connectivity index (χ2n) is 32.3. The van der Waals surface area contributed by atoms with E-state index in [9.17, 15) is 42.7 Å². The minimum Gasteiger partial charge on any atom is -0.383 e. The molecule has 0 bridgehead atoms. The van der Waals surface area contributed by atoms with Crippen LogP contribution in [0.15, 0.2) is 89.3 Å². The maximum Gasteiger partial charge on any atom is 0.351 e. The smallest absolute Gasteiger partial charge is 0.351 e. The fourth-order valence-electron chi connectivity index (χ4n) is 16.9. The van der Waals surface area contributed by atoms with E-state index in [1.165, 1.54) is 88.4 Å². The van der Waals surface area contributed by atoms with E-state index in [1.54, 1.807) is 41.5 Å². The maximum atomic E-state index is 15.4. The minimum atomic E-state index is -4.55. The highest BCUT2D eigenvalue weighted by Gasteiger charge is 2.56. The normalized spacial score (nSPS) is 32.2. The highest BCUT2D eigenvalue weighted by atomic mass is 31.2. The van der Waals surface area contributed by atoms with Crippen molar-refractivity contribution in [1.82, 2.24) is 87.2 Å². The van der Waals surface area contributed by atoms with Gasteiger partial charge in [0, 0.05) is 101 Å². The van der Waals surface area contributed by atoms with Gasteiger partial charge in [0.2, 0.25) is 17.8 Å². The molecule has 57 heteroatoms. The van der Waals surface area contributed by atoms with Gasteiger partial charge in [-0.3, -0.25) is 89.3 Å². The van der Waals surface area contributed by atoms with Crippen molar-refractivity contribution in [3.05, 3.63) is 129 Å². The summed E-state index contributed by atoms with van der Waals surface area (Å²) in [5.74, 6) is -5.72. The molecule has 692 valence electrons. The van der Waals surface area contributed by atoms with Crippen molar-refractivity contribution in [2.24, 2.45) is 35.5 Å². The first kappa shape index (κ1) is 92.7. The lowest BCUT2D eigenvalue weighted by Gasteiger charge is -2.29. The number of H-pyrrole nitrogens is 4. The summed E-state index contributed by atoms with van der Waals surface area (Å²) in [7, 11) is -20.6. The monoisotopic (exact) mass is 1880 g/mol. The molecule has 6 fully saturated rings. The van der Waals surface area contributed by atoms with Gasteiger partial charge in [0.15, 0.2) is 33.5 Å². The second-order valence-corrected chi connectivity index (χ2v) is 42.3. The molecule has 0 saturated carbocycles. The quantitative estimate of drug-likeness (QED) is 0.0267. The number of methoxy groups -OCH3 is 1. The number of imidazole rings is 3. The Bertz CT molecular complexity index is 6340. The van der Waals surface area contributed by atoms with Gasteiger partial charge in [-0.1, -0.05) is 48.5 Å². The number of aromatic amines is 4. The number of nitrogen functional groups attached to an aromatic ring is 5. The van der Waals surface area contributed by atoms with E-state index in [0.717, 1.165) is 35.2 Å². The first-order valence-electron chi connectivity index (χ1n) is 40.0. The number of hydrogen-bond acceptors (Lipinski definition) is 42. The molecular weight excluding hydrogens is 1780 g/mol. The number of nitrogens with two attached hydrogens (primary N) is 5. The molecule has 11 unspecified atom stereocenters. The fourth-order valence-corrected chi connectivity index (χ4v) is 23.2. The molecule has 0 amide bonds. The Hall–Kier alpha value is -9.04. The standard InChI is InChI=1S/C70H98N23O29P5/c1-14-35-48(30(3)62(112-35)91-26-76-44-53(91)82-65(73)85-56(44)95)118-123(9,101)108-24-39-51(33(6)63(116-39)92-27-77-45-54(92)83-66(74)86-57(45)96)121-126(12,104)110-23-38-50(32(5)61(115-38)89-19-16-42(72)80-69(89)99)120-125(11,103)111-25-40-52(34(7)64(117-40)93-28-78-46-55(93)84-67(75)87-58(46)97)122-127(13,105)109-22-37-49(31(4)60(114-37)88-18-15-41(71)79-68(88)98)119-124(10,102)107-21-36-47(106-8)29(2)59(113-36)90-20-17-43(94)81-70(90)100/h15-20,26-40,47-52,59-64H,14,21-25H2,1-13H3,(H2,71,79,98)(H2,72,80,99)(H,81,94,100)(H3,73,82,85,95)(H3,74,83,86,96)(H3,75,84,87,97)/t29?,30?,31?,32?,33?,34?,35-,36-,37-,38-,39-,40-,47-,48-,49-,50-,51-,52-,59-,60-,61-,62-,63-,64-,123?,124?,125?,126?,127?/m1/s1. The lowest BCUT2D eigenvalue weighted by atomic mass is 10.0. The Morgan fingerprint density at radius 3 is 0.906 bits per heavy atom. The molecule has 14 N–H and O–H groups in total. The Labute approximate surface area is 718 Å². The molecule has 9 aromatic rings. The van der Waals surface area contributed by atoms with Crippen LogP contribution in [0, 0.1) is 35.5 Å². The van der Waals surface area contributed by atoms with E-state index in [1.807, 2.05) is 6.92 Å². The number of aromatic nitrogens is 18. The predicted octanol–water partition coefficient (Wildman–Crippen LogP) is 3.11. The van der Waals surface area contributed by atoms with Crippen LogP contribution in [-0.4, -0.2) is 234 Å². The zero-order chi connectivity index (χ0) is 91.3. The zero-order valence-electron chi connectivity index (χ0n) is 70.5. The third kappa shape index (κ3) is 19.2. The van der Waals surface area contributed by atoms with Gasteiger partial charge in [0.1, 0.15) is 110 Å². The zero-order valence-corrected chi connectivity index (χ0v) is 75.0. The second kappa shape index (κ2) is 36.0. The van der Waals surface area contributed by atoms with Crippen molar-refractivity contribution < 1.29 is 101 Å². The van der Waals surface area contributed by atoms with Crippen molar-refractivity contribution in [1.29, 1.82) is 0 Å². The highest BCUT2D eigenvalue weighted by molar-refractivity contribution is 7.54. The molecule has 0 aromatic carbocycles.